The summed E-state index contributed by atoms with van der Waals surface area (Å²) in [6.07, 6.45) is 0. The number of halogens is 1. The molecular formula is C11H11BrN4O2. The van der Waals surface area contributed by atoms with Crippen LogP contribution in [0, 0.1) is 0 Å². The van der Waals surface area contributed by atoms with Crippen LogP contribution in [0.4, 0.5) is 0 Å². The lowest BCUT2D eigenvalue weighted by atomic mass is 10.3. The molecule has 0 unspecified atom stereocenters. The first kappa shape index (κ1) is 12.6. The molecule has 0 radical (unpaired) electrons. The number of H-pyrrole nitrogens is 1. The van der Waals surface area contributed by atoms with Crippen molar-refractivity contribution in [3.05, 3.63) is 45.0 Å². The number of hydrogen-bond donors (Lipinski definition) is 1. The predicted octanol–water partition coefficient (Wildman–Crippen LogP) is 1.02. The van der Waals surface area contributed by atoms with Gasteiger partial charge in [0.1, 0.15) is 0 Å². The first-order valence-electron chi connectivity index (χ1n) is 5.16. The Hall–Kier alpha value is -1.89. The third-order valence-electron chi connectivity index (χ3n) is 2.30. The second kappa shape index (κ2) is 4.77. The molecule has 1 heterocycles. The van der Waals surface area contributed by atoms with Crippen molar-refractivity contribution in [2.75, 3.05) is 14.1 Å². The van der Waals surface area contributed by atoms with Crippen LogP contribution in [0.15, 0.2) is 33.5 Å². The number of rotatable bonds is 2. The van der Waals surface area contributed by atoms with Gasteiger partial charge < -0.3 is 4.90 Å². The summed E-state index contributed by atoms with van der Waals surface area (Å²) in [6, 6.07) is 7.06. The van der Waals surface area contributed by atoms with Gasteiger partial charge >= 0.3 is 5.69 Å². The SMILES string of the molecule is CN(C)C(=O)c1nn(-c2ccc(Br)cc2)c(=O)[nH]1. The van der Waals surface area contributed by atoms with Crippen LogP contribution in [0.1, 0.15) is 10.6 Å². The average Bonchev–Trinajstić information content (AvgIpc) is 2.71. The van der Waals surface area contributed by atoms with Crippen LogP contribution in [-0.2, 0) is 0 Å². The lowest BCUT2D eigenvalue weighted by Gasteiger charge is -2.05. The fourth-order valence-corrected chi connectivity index (χ4v) is 1.65. The minimum Gasteiger partial charge on any atom is -0.342 e. The van der Waals surface area contributed by atoms with E-state index in [0.29, 0.717) is 5.69 Å². The van der Waals surface area contributed by atoms with E-state index in [-0.39, 0.29) is 11.7 Å². The summed E-state index contributed by atoms with van der Waals surface area (Å²) in [4.78, 5) is 27.2. The molecular weight excluding hydrogens is 300 g/mol. The van der Waals surface area contributed by atoms with Gasteiger partial charge in [-0.1, -0.05) is 15.9 Å². The lowest BCUT2D eigenvalue weighted by Crippen LogP contribution is -2.23. The number of aromatic nitrogens is 3. The molecule has 1 N–H and O–H groups in total. The maximum absolute atomic E-state index is 11.7. The first-order chi connectivity index (χ1) is 8.49. The number of nitrogens with one attached hydrogen (secondary N) is 1. The van der Waals surface area contributed by atoms with Gasteiger partial charge in [-0.15, -0.1) is 5.10 Å². The summed E-state index contributed by atoms with van der Waals surface area (Å²) >= 11 is 3.31. The van der Waals surface area contributed by atoms with Crippen molar-refractivity contribution < 1.29 is 4.79 Å². The van der Waals surface area contributed by atoms with Gasteiger partial charge in [0, 0.05) is 18.6 Å². The zero-order chi connectivity index (χ0) is 13.3. The van der Waals surface area contributed by atoms with Crippen LogP contribution < -0.4 is 5.69 Å². The van der Waals surface area contributed by atoms with Crippen LogP contribution in [0.5, 0.6) is 0 Å². The number of amides is 1. The third-order valence-corrected chi connectivity index (χ3v) is 2.83. The largest absolute Gasteiger partial charge is 0.348 e. The maximum atomic E-state index is 11.7. The summed E-state index contributed by atoms with van der Waals surface area (Å²) < 4.78 is 2.06. The summed E-state index contributed by atoms with van der Waals surface area (Å²) in [5.74, 6) is -0.323. The number of hydrogen-bond acceptors (Lipinski definition) is 3. The number of carbonyl (C=O) groups excluding carboxylic acids is 1. The summed E-state index contributed by atoms with van der Waals surface area (Å²) in [7, 11) is 3.19. The first-order valence-corrected chi connectivity index (χ1v) is 5.95. The normalized spacial score (nSPS) is 10.4. The molecule has 0 aliphatic carbocycles. The van der Waals surface area contributed by atoms with Gasteiger partial charge in [0.2, 0.25) is 5.82 Å². The van der Waals surface area contributed by atoms with Crippen LogP contribution in [0.3, 0.4) is 0 Å². The van der Waals surface area contributed by atoms with Crippen molar-refractivity contribution in [2.45, 2.75) is 0 Å². The molecule has 7 heteroatoms. The fraction of sp³-hybridized carbons (Fsp3) is 0.182. The molecule has 94 valence electrons. The lowest BCUT2D eigenvalue weighted by molar-refractivity contribution is 0.0816. The Balaban J connectivity index is 2.44. The molecule has 0 aliphatic rings. The summed E-state index contributed by atoms with van der Waals surface area (Å²) in [5, 5.41) is 3.97. The van der Waals surface area contributed by atoms with E-state index in [2.05, 4.69) is 26.0 Å². The smallest absolute Gasteiger partial charge is 0.342 e. The average molecular weight is 311 g/mol. The Morgan fingerprint density at radius 1 is 1.33 bits per heavy atom. The molecule has 18 heavy (non-hydrogen) atoms. The Morgan fingerprint density at radius 3 is 2.50 bits per heavy atom. The minimum absolute atomic E-state index is 0.0212. The van der Waals surface area contributed by atoms with E-state index in [1.54, 1.807) is 38.4 Å². The zero-order valence-electron chi connectivity index (χ0n) is 9.85. The van der Waals surface area contributed by atoms with E-state index in [1.165, 1.54) is 4.90 Å². The quantitative estimate of drug-likeness (QED) is 0.900. The highest BCUT2D eigenvalue weighted by molar-refractivity contribution is 9.10. The Morgan fingerprint density at radius 2 is 1.94 bits per heavy atom. The molecule has 1 aromatic carbocycles. The summed E-state index contributed by atoms with van der Waals surface area (Å²) in [5.41, 5.74) is 0.153. The van der Waals surface area contributed by atoms with E-state index >= 15 is 0 Å². The highest BCUT2D eigenvalue weighted by atomic mass is 79.9. The standard InChI is InChI=1S/C11H11BrN4O2/c1-15(2)10(17)9-13-11(18)16(14-9)8-5-3-7(12)4-6-8/h3-6H,1-2H3,(H,13,14,18). The van der Waals surface area contributed by atoms with Crippen LogP contribution in [0.25, 0.3) is 5.69 Å². The van der Waals surface area contributed by atoms with Gasteiger partial charge in [-0.2, -0.15) is 4.68 Å². The van der Waals surface area contributed by atoms with E-state index < -0.39 is 5.69 Å². The van der Waals surface area contributed by atoms with E-state index in [0.717, 1.165) is 9.15 Å². The zero-order valence-corrected chi connectivity index (χ0v) is 11.4. The Labute approximate surface area is 111 Å². The monoisotopic (exact) mass is 310 g/mol. The van der Waals surface area contributed by atoms with Crippen LogP contribution >= 0.6 is 15.9 Å². The molecule has 0 spiro atoms. The molecule has 0 aliphatic heterocycles. The molecule has 1 aromatic heterocycles. The van der Waals surface area contributed by atoms with Gasteiger partial charge in [-0.25, -0.2) is 4.79 Å². The second-order valence-corrected chi connectivity index (χ2v) is 4.78. The molecule has 2 aromatic rings. The van der Waals surface area contributed by atoms with Gasteiger partial charge in [0.15, 0.2) is 0 Å². The van der Waals surface area contributed by atoms with Gasteiger partial charge in [-0.3, -0.25) is 9.78 Å². The molecule has 6 nitrogen and oxygen atoms in total. The Bertz CT molecular complexity index is 627. The number of aromatic amines is 1. The summed E-state index contributed by atoms with van der Waals surface area (Å²) in [6.45, 7) is 0. The van der Waals surface area contributed by atoms with Gasteiger partial charge in [-0.05, 0) is 24.3 Å². The highest BCUT2D eigenvalue weighted by Gasteiger charge is 2.15. The maximum Gasteiger partial charge on any atom is 0.348 e. The Kier molecular flexibility index (Phi) is 3.33. The third kappa shape index (κ3) is 2.35. The second-order valence-electron chi connectivity index (χ2n) is 3.87. The molecule has 1 amide bonds. The highest BCUT2D eigenvalue weighted by Crippen LogP contribution is 2.12. The molecule has 0 atom stereocenters. The van der Waals surface area contributed by atoms with Crippen LogP contribution in [0.2, 0.25) is 0 Å². The van der Waals surface area contributed by atoms with E-state index in [9.17, 15) is 9.59 Å². The van der Waals surface area contributed by atoms with Gasteiger partial charge in [0.05, 0.1) is 5.69 Å². The van der Waals surface area contributed by atoms with Crippen molar-refractivity contribution in [1.82, 2.24) is 19.7 Å². The van der Waals surface area contributed by atoms with Crippen molar-refractivity contribution in [1.29, 1.82) is 0 Å². The van der Waals surface area contributed by atoms with E-state index in [4.69, 9.17) is 0 Å². The molecule has 2 rings (SSSR count). The molecule has 0 fully saturated rings. The fourth-order valence-electron chi connectivity index (χ4n) is 1.39. The molecule has 0 saturated carbocycles. The molecule has 0 bridgehead atoms. The van der Waals surface area contributed by atoms with Crippen molar-refractivity contribution in [3.8, 4) is 5.69 Å². The van der Waals surface area contributed by atoms with Crippen molar-refractivity contribution >= 4 is 21.8 Å². The van der Waals surface area contributed by atoms with Gasteiger partial charge in [0.25, 0.3) is 5.91 Å². The van der Waals surface area contributed by atoms with Crippen LogP contribution in [-0.4, -0.2) is 39.7 Å². The predicted molar refractivity (Wildman–Crippen MR) is 69.9 cm³/mol. The van der Waals surface area contributed by atoms with Crippen molar-refractivity contribution in [3.63, 3.8) is 0 Å². The molecule has 0 saturated heterocycles. The number of carbonyl (C=O) groups is 1. The minimum atomic E-state index is -0.442. The topological polar surface area (TPSA) is 71.0 Å². The number of benzene rings is 1. The number of nitrogens with zero attached hydrogens (tertiary/aromatic N) is 3. The van der Waals surface area contributed by atoms with Crippen molar-refractivity contribution in [2.24, 2.45) is 0 Å². The van der Waals surface area contributed by atoms with E-state index in [1.807, 2.05) is 0 Å².